The van der Waals surface area contributed by atoms with Crippen molar-refractivity contribution in [1.82, 2.24) is 19.4 Å². The van der Waals surface area contributed by atoms with Crippen molar-refractivity contribution in [3.63, 3.8) is 0 Å². The number of pyridine rings is 1. The van der Waals surface area contributed by atoms with Gasteiger partial charge < -0.3 is 19.3 Å². The monoisotopic (exact) mass is 403 g/mol. The maximum absolute atomic E-state index is 12.7. The first-order chi connectivity index (χ1) is 13.8. The van der Waals surface area contributed by atoms with Crippen LogP contribution in [0, 0.1) is 0 Å². The molecule has 1 N–H and O–H groups in total. The van der Waals surface area contributed by atoms with Crippen LogP contribution in [0.5, 0.6) is 0 Å². The van der Waals surface area contributed by atoms with Crippen LogP contribution in [0.4, 0.5) is 10.5 Å². The molecule has 9 nitrogen and oxygen atoms in total. The number of amides is 1. The molecule has 4 rings (SSSR count). The highest BCUT2D eigenvalue weighted by Crippen LogP contribution is 2.27. The molecule has 2 fully saturated rings. The number of aromatic amines is 1. The van der Waals surface area contributed by atoms with Crippen molar-refractivity contribution in [2.75, 3.05) is 44.3 Å². The number of piperidine rings is 1. The Kier molecular flexibility index (Phi) is 5.24. The smallest absolute Gasteiger partial charge is 0.410 e. The van der Waals surface area contributed by atoms with Gasteiger partial charge in [0.2, 0.25) is 0 Å². The number of aromatic nitrogens is 3. The van der Waals surface area contributed by atoms with Crippen molar-refractivity contribution in [1.29, 1.82) is 0 Å². The molecular formula is C20H29N5O4. The summed E-state index contributed by atoms with van der Waals surface area (Å²) in [5, 5.41) is 0. The molecule has 2 aromatic heterocycles. The van der Waals surface area contributed by atoms with Crippen LogP contribution in [0.1, 0.15) is 39.7 Å². The molecule has 29 heavy (non-hydrogen) atoms. The molecule has 0 radical (unpaired) electrons. The number of imidazole rings is 1. The van der Waals surface area contributed by atoms with Gasteiger partial charge in [0.15, 0.2) is 5.65 Å². The molecule has 2 aromatic rings. The van der Waals surface area contributed by atoms with E-state index < -0.39 is 5.60 Å². The Morgan fingerprint density at radius 1 is 1.21 bits per heavy atom. The Morgan fingerprint density at radius 3 is 2.55 bits per heavy atom. The van der Waals surface area contributed by atoms with E-state index in [1.54, 1.807) is 15.7 Å². The number of likely N-dealkylation sites (tertiary alicyclic amines) is 1. The SMILES string of the molecule is CC(C)(C)OC(=O)N1CCC(n2c(=O)[nH]c3ncc(N4CCOCC4)cc32)CC1. The number of hydrogen-bond acceptors (Lipinski definition) is 6. The standard InChI is InChI=1S/C20H29N5O4/c1-20(2,3)29-19(27)24-6-4-14(5-7-24)25-16-12-15(23-8-10-28-11-9-23)13-21-17(16)22-18(25)26/h12-14H,4-11H2,1-3H3,(H,21,22,26). The van der Waals surface area contributed by atoms with Gasteiger partial charge in [-0.15, -0.1) is 0 Å². The van der Waals surface area contributed by atoms with Crippen molar-refractivity contribution in [2.24, 2.45) is 0 Å². The lowest BCUT2D eigenvalue weighted by Gasteiger charge is -2.34. The molecule has 9 heteroatoms. The van der Waals surface area contributed by atoms with Gasteiger partial charge in [-0.25, -0.2) is 14.6 Å². The molecule has 0 atom stereocenters. The number of fused-ring (bicyclic) bond motifs is 1. The molecule has 0 bridgehead atoms. The van der Waals surface area contributed by atoms with E-state index >= 15 is 0 Å². The fraction of sp³-hybridized carbons (Fsp3) is 0.650. The lowest BCUT2D eigenvalue weighted by molar-refractivity contribution is 0.0189. The molecule has 4 heterocycles. The van der Waals surface area contributed by atoms with Gasteiger partial charge in [-0.1, -0.05) is 0 Å². The largest absolute Gasteiger partial charge is 0.444 e. The number of morpholine rings is 1. The predicted molar refractivity (Wildman–Crippen MR) is 109 cm³/mol. The first kappa shape index (κ1) is 19.8. The summed E-state index contributed by atoms with van der Waals surface area (Å²) in [5.74, 6) is 0. The predicted octanol–water partition coefficient (Wildman–Crippen LogP) is 2.13. The van der Waals surface area contributed by atoms with Crippen molar-refractivity contribution in [2.45, 2.75) is 45.3 Å². The Hall–Kier alpha value is -2.55. The van der Waals surface area contributed by atoms with Gasteiger partial charge in [0.1, 0.15) is 5.60 Å². The Labute approximate surface area is 169 Å². The fourth-order valence-corrected chi connectivity index (χ4v) is 3.98. The molecule has 2 aliphatic heterocycles. The minimum atomic E-state index is -0.511. The van der Waals surface area contributed by atoms with Crippen LogP contribution in [0.15, 0.2) is 17.1 Å². The van der Waals surface area contributed by atoms with Crippen LogP contribution in [-0.2, 0) is 9.47 Å². The summed E-state index contributed by atoms with van der Waals surface area (Å²) in [6.07, 6.45) is 2.92. The van der Waals surface area contributed by atoms with E-state index in [1.165, 1.54) is 0 Å². The summed E-state index contributed by atoms with van der Waals surface area (Å²) >= 11 is 0. The number of rotatable bonds is 2. The topological polar surface area (TPSA) is 92.7 Å². The number of hydrogen-bond donors (Lipinski definition) is 1. The summed E-state index contributed by atoms with van der Waals surface area (Å²) in [6, 6.07) is 2.06. The summed E-state index contributed by atoms with van der Waals surface area (Å²) in [4.78, 5) is 36.3. The molecule has 0 unspecified atom stereocenters. The Morgan fingerprint density at radius 2 is 1.90 bits per heavy atom. The third kappa shape index (κ3) is 4.24. The van der Waals surface area contributed by atoms with Gasteiger partial charge in [-0.3, -0.25) is 9.55 Å². The lowest BCUT2D eigenvalue weighted by atomic mass is 10.0. The highest BCUT2D eigenvalue weighted by Gasteiger charge is 2.29. The van der Waals surface area contributed by atoms with Crippen LogP contribution >= 0.6 is 0 Å². The van der Waals surface area contributed by atoms with Crippen LogP contribution < -0.4 is 10.6 Å². The molecule has 2 saturated heterocycles. The first-order valence-electron chi connectivity index (χ1n) is 10.2. The molecule has 1 amide bonds. The van der Waals surface area contributed by atoms with Crippen LogP contribution in [-0.4, -0.2) is 70.5 Å². The zero-order valence-electron chi connectivity index (χ0n) is 17.3. The second-order valence-electron chi connectivity index (χ2n) is 8.66. The van der Waals surface area contributed by atoms with Gasteiger partial charge in [-0.05, 0) is 39.7 Å². The van der Waals surface area contributed by atoms with Crippen molar-refractivity contribution in [3.05, 3.63) is 22.7 Å². The number of nitrogens with zero attached hydrogens (tertiary/aromatic N) is 4. The van der Waals surface area contributed by atoms with Gasteiger partial charge in [0.25, 0.3) is 0 Å². The number of nitrogens with one attached hydrogen (secondary N) is 1. The van der Waals surface area contributed by atoms with Crippen molar-refractivity contribution in [3.8, 4) is 0 Å². The zero-order chi connectivity index (χ0) is 20.6. The van der Waals surface area contributed by atoms with Crippen LogP contribution in [0.25, 0.3) is 11.2 Å². The summed E-state index contributed by atoms with van der Waals surface area (Å²) in [6.45, 7) is 9.74. The van der Waals surface area contributed by atoms with E-state index in [2.05, 4.69) is 14.9 Å². The normalized spacial score (nSPS) is 19.0. The average molecular weight is 403 g/mol. The van der Waals surface area contributed by atoms with Gasteiger partial charge in [0, 0.05) is 32.2 Å². The van der Waals surface area contributed by atoms with E-state index in [4.69, 9.17) is 9.47 Å². The molecule has 0 aliphatic carbocycles. The van der Waals surface area contributed by atoms with Crippen LogP contribution in [0.2, 0.25) is 0 Å². The number of ether oxygens (including phenoxy) is 2. The van der Waals surface area contributed by atoms with E-state index in [9.17, 15) is 9.59 Å². The second-order valence-corrected chi connectivity index (χ2v) is 8.66. The summed E-state index contributed by atoms with van der Waals surface area (Å²) in [5.41, 5.74) is 1.75. The average Bonchev–Trinajstić information content (AvgIpc) is 3.02. The lowest BCUT2D eigenvalue weighted by Crippen LogP contribution is -2.43. The maximum atomic E-state index is 12.7. The van der Waals surface area contributed by atoms with E-state index in [0.717, 1.165) is 24.3 Å². The highest BCUT2D eigenvalue weighted by molar-refractivity contribution is 5.75. The third-order valence-corrected chi connectivity index (χ3v) is 5.41. The highest BCUT2D eigenvalue weighted by atomic mass is 16.6. The van der Waals surface area contributed by atoms with E-state index in [0.29, 0.717) is 44.8 Å². The number of carbonyl (C=O) groups excluding carboxylic acids is 1. The van der Waals surface area contributed by atoms with Gasteiger partial charge in [0.05, 0.1) is 30.6 Å². The number of carbonyl (C=O) groups is 1. The number of anilines is 1. The zero-order valence-corrected chi connectivity index (χ0v) is 17.3. The summed E-state index contributed by atoms with van der Waals surface area (Å²) in [7, 11) is 0. The maximum Gasteiger partial charge on any atom is 0.410 e. The fourth-order valence-electron chi connectivity index (χ4n) is 3.98. The van der Waals surface area contributed by atoms with Crippen LogP contribution in [0.3, 0.4) is 0 Å². The van der Waals surface area contributed by atoms with Crippen molar-refractivity contribution < 1.29 is 14.3 Å². The molecule has 2 aliphatic rings. The quantitative estimate of drug-likeness (QED) is 0.826. The Bertz CT molecular complexity index is 930. The third-order valence-electron chi connectivity index (χ3n) is 5.41. The summed E-state index contributed by atoms with van der Waals surface area (Å²) < 4.78 is 12.7. The molecule has 0 saturated carbocycles. The Balaban J connectivity index is 1.52. The molecular weight excluding hydrogens is 374 g/mol. The van der Waals surface area contributed by atoms with E-state index in [-0.39, 0.29) is 17.8 Å². The number of H-pyrrole nitrogens is 1. The van der Waals surface area contributed by atoms with Crippen molar-refractivity contribution >= 4 is 22.9 Å². The van der Waals surface area contributed by atoms with Gasteiger partial charge in [-0.2, -0.15) is 0 Å². The molecule has 158 valence electrons. The minimum absolute atomic E-state index is 0.0247. The van der Waals surface area contributed by atoms with E-state index in [1.807, 2.05) is 26.8 Å². The minimum Gasteiger partial charge on any atom is -0.444 e. The second kappa shape index (κ2) is 7.70. The van der Waals surface area contributed by atoms with Gasteiger partial charge >= 0.3 is 11.8 Å². The molecule has 0 spiro atoms. The molecule has 0 aromatic carbocycles. The first-order valence-corrected chi connectivity index (χ1v) is 10.2.